The predicted molar refractivity (Wildman–Crippen MR) is 112 cm³/mol. The Morgan fingerprint density at radius 1 is 1.00 bits per heavy atom. The quantitative estimate of drug-likeness (QED) is 0.259. The third-order valence-electron chi connectivity index (χ3n) is 4.23. The van der Waals surface area contributed by atoms with E-state index in [4.69, 9.17) is 4.74 Å². The zero-order chi connectivity index (χ0) is 22.5. The van der Waals surface area contributed by atoms with Gasteiger partial charge in [0.1, 0.15) is 12.1 Å². The van der Waals surface area contributed by atoms with Crippen molar-refractivity contribution in [2.24, 2.45) is 5.92 Å². The highest BCUT2D eigenvalue weighted by atomic mass is 16.5. The molecule has 0 aliphatic heterocycles. The van der Waals surface area contributed by atoms with E-state index in [9.17, 15) is 19.2 Å². The monoisotopic (exact) mass is 420 g/mol. The van der Waals surface area contributed by atoms with E-state index in [0.29, 0.717) is 0 Å². The molecule has 30 heavy (non-hydrogen) atoms. The maximum atomic E-state index is 12.5. The number of esters is 1. The van der Waals surface area contributed by atoms with E-state index in [1.165, 1.54) is 6.92 Å². The molecule has 0 aliphatic rings. The molecular weight excluding hydrogens is 388 g/mol. The van der Waals surface area contributed by atoms with Gasteiger partial charge < -0.3 is 15.4 Å². The van der Waals surface area contributed by atoms with Crippen LogP contribution in [0.2, 0.25) is 0 Å². The molecule has 4 N–H and O–H groups in total. The first kappa shape index (κ1) is 24.9. The van der Waals surface area contributed by atoms with Gasteiger partial charge in [0.05, 0.1) is 6.61 Å². The standard InChI is InChI=1S/C21H32N4O5/c1-5-6-12-30-20(28)18(14(2)3)23-21(29)25-24-19(27)17(22-15(4)26)13-16-10-8-7-9-11-16/h7-11,14,17-18H,5-6,12-13H2,1-4H3,(H,22,26)(H,24,27)(H2,23,25,29)/t17-,18-/m0/s1. The van der Waals surface area contributed by atoms with Crippen molar-refractivity contribution in [1.29, 1.82) is 0 Å². The van der Waals surface area contributed by atoms with Gasteiger partial charge in [0, 0.05) is 13.3 Å². The maximum Gasteiger partial charge on any atom is 0.334 e. The summed E-state index contributed by atoms with van der Waals surface area (Å²) in [5.41, 5.74) is 5.35. The lowest BCUT2D eigenvalue weighted by atomic mass is 10.1. The molecule has 0 saturated heterocycles. The summed E-state index contributed by atoms with van der Waals surface area (Å²) in [6, 6.07) is 6.70. The predicted octanol–water partition coefficient (Wildman–Crippen LogP) is 1.43. The Labute approximate surface area is 177 Å². The van der Waals surface area contributed by atoms with Crippen LogP contribution >= 0.6 is 0 Å². The molecule has 166 valence electrons. The summed E-state index contributed by atoms with van der Waals surface area (Å²) in [4.78, 5) is 48.2. The van der Waals surface area contributed by atoms with Gasteiger partial charge in [-0.05, 0) is 17.9 Å². The highest BCUT2D eigenvalue weighted by Crippen LogP contribution is 2.05. The van der Waals surface area contributed by atoms with E-state index in [2.05, 4.69) is 21.5 Å². The van der Waals surface area contributed by atoms with E-state index in [1.54, 1.807) is 13.8 Å². The van der Waals surface area contributed by atoms with Gasteiger partial charge in [-0.15, -0.1) is 0 Å². The summed E-state index contributed by atoms with van der Waals surface area (Å²) >= 11 is 0. The van der Waals surface area contributed by atoms with Gasteiger partial charge in [0.25, 0.3) is 5.91 Å². The largest absolute Gasteiger partial charge is 0.464 e. The van der Waals surface area contributed by atoms with Gasteiger partial charge in [-0.1, -0.05) is 57.5 Å². The van der Waals surface area contributed by atoms with Crippen LogP contribution in [0.4, 0.5) is 4.79 Å². The molecule has 0 saturated carbocycles. The topological polar surface area (TPSA) is 126 Å². The Morgan fingerprint density at radius 3 is 2.23 bits per heavy atom. The molecule has 0 radical (unpaired) electrons. The van der Waals surface area contributed by atoms with E-state index < -0.39 is 30.0 Å². The first-order valence-electron chi connectivity index (χ1n) is 10.1. The fraction of sp³-hybridized carbons (Fsp3) is 0.524. The minimum absolute atomic E-state index is 0.203. The summed E-state index contributed by atoms with van der Waals surface area (Å²) < 4.78 is 5.16. The van der Waals surface area contributed by atoms with Gasteiger partial charge in [0.15, 0.2) is 0 Å². The Hall–Kier alpha value is -3.10. The molecule has 9 nitrogen and oxygen atoms in total. The molecule has 4 amide bonds. The van der Waals surface area contributed by atoms with Gasteiger partial charge in [-0.25, -0.2) is 15.0 Å². The summed E-state index contributed by atoms with van der Waals surface area (Å²) in [6.45, 7) is 7.13. The molecule has 2 atom stereocenters. The minimum Gasteiger partial charge on any atom is -0.464 e. The van der Waals surface area contributed by atoms with E-state index in [0.717, 1.165) is 18.4 Å². The molecule has 1 aromatic carbocycles. The minimum atomic E-state index is -0.870. The number of rotatable bonds is 10. The highest BCUT2D eigenvalue weighted by Gasteiger charge is 2.26. The van der Waals surface area contributed by atoms with Crippen LogP contribution in [-0.4, -0.2) is 42.5 Å². The fourth-order valence-corrected chi connectivity index (χ4v) is 2.59. The molecule has 0 spiro atoms. The Morgan fingerprint density at radius 2 is 1.67 bits per heavy atom. The molecule has 9 heteroatoms. The lowest BCUT2D eigenvalue weighted by Gasteiger charge is -2.22. The lowest BCUT2D eigenvalue weighted by molar-refractivity contribution is -0.147. The molecule has 1 rings (SSSR count). The number of unbranched alkanes of at least 4 members (excludes halogenated alkanes) is 1. The number of amides is 4. The number of urea groups is 1. The summed E-state index contributed by atoms with van der Waals surface area (Å²) in [5.74, 6) is -1.69. The number of nitrogens with one attached hydrogen (secondary N) is 4. The van der Waals surface area contributed by atoms with Crippen LogP contribution in [0.1, 0.15) is 46.1 Å². The van der Waals surface area contributed by atoms with E-state index in [-0.39, 0.29) is 24.9 Å². The molecule has 0 bridgehead atoms. The first-order valence-corrected chi connectivity index (χ1v) is 10.1. The first-order chi connectivity index (χ1) is 14.2. The van der Waals surface area contributed by atoms with Crippen LogP contribution in [0.5, 0.6) is 0 Å². The van der Waals surface area contributed by atoms with Gasteiger partial charge >= 0.3 is 12.0 Å². The zero-order valence-corrected chi connectivity index (χ0v) is 18.0. The second kappa shape index (κ2) is 13.2. The van der Waals surface area contributed by atoms with Crippen LogP contribution in [-0.2, 0) is 25.5 Å². The Bertz CT molecular complexity index is 709. The van der Waals surface area contributed by atoms with Crippen LogP contribution in [0.3, 0.4) is 0 Å². The van der Waals surface area contributed by atoms with Crippen LogP contribution < -0.4 is 21.5 Å². The van der Waals surface area contributed by atoms with Crippen molar-refractivity contribution < 1.29 is 23.9 Å². The molecule has 0 aromatic heterocycles. The van der Waals surface area contributed by atoms with Gasteiger partial charge in [-0.2, -0.15) is 0 Å². The normalized spacial score (nSPS) is 12.4. The van der Waals surface area contributed by atoms with Crippen molar-refractivity contribution in [3.05, 3.63) is 35.9 Å². The maximum absolute atomic E-state index is 12.5. The third-order valence-corrected chi connectivity index (χ3v) is 4.23. The van der Waals surface area contributed by atoms with Crippen molar-refractivity contribution >= 4 is 23.8 Å². The molecule has 0 aliphatic carbocycles. The summed E-state index contributed by atoms with van der Waals surface area (Å²) in [5, 5.41) is 5.06. The number of benzene rings is 1. The second-order valence-electron chi connectivity index (χ2n) is 7.27. The Kier molecular flexibility index (Phi) is 11.0. The van der Waals surface area contributed by atoms with Crippen LogP contribution in [0.15, 0.2) is 30.3 Å². The SMILES string of the molecule is CCCCOC(=O)[C@@H](NC(=O)NNC(=O)[C@H](Cc1ccccc1)NC(C)=O)C(C)C. The molecule has 0 unspecified atom stereocenters. The summed E-state index contributed by atoms with van der Waals surface area (Å²) in [7, 11) is 0. The van der Waals surface area contributed by atoms with Crippen molar-refractivity contribution in [2.75, 3.05) is 6.61 Å². The Balaban J connectivity index is 2.62. The average Bonchev–Trinajstić information content (AvgIpc) is 2.70. The van der Waals surface area contributed by atoms with Crippen molar-refractivity contribution in [2.45, 2.75) is 59.0 Å². The lowest BCUT2D eigenvalue weighted by Crippen LogP contribution is -2.57. The number of ether oxygens (including phenoxy) is 1. The smallest absolute Gasteiger partial charge is 0.334 e. The van der Waals surface area contributed by atoms with Crippen molar-refractivity contribution in [3.8, 4) is 0 Å². The van der Waals surface area contributed by atoms with Gasteiger partial charge in [0.2, 0.25) is 5.91 Å². The molecule has 0 heterocycles. The summed E-state index contributed by atoms with van der Waals surface area (Å²) in [6.07, 6.45) is 1.89. The number of hydrogen-bond donors (Lipinski definition) is 4. The molecule has 0 fully saturated rings. The van der Waals surface area contributed by atoms with Crippen molar-refractivity contribution in [3.63, 3.8) is 0 Å². The van der Waals surface area contributed by atoms with Crippen molar-refractivity contribution in [1.82, 2.24) is 21.5 Å². The third kappa shape index (κ3) is 9.40. The van der Waals surface area contributed by atoms with Crippen LogP contribution in [0.25, 0.3) is 0 Å². The number of carbonyl (C=O) groups excluding carboxylic acids is 4. The zero-order valence-electron chi connectivity index (χ0n) is 18.0. The number of carbonyl (C=O) groups is 4. The molecular formula is C21H32N4O5. The van der Waals surface area contributed by atoms with Crippen LogP contribution in [0, 0.1) is 5.92 Å². The van der Waals surface area contributed by atoms with E-state index in [1.807, 2.05) is 37.3 Å². The second-order valence-corrected chi connectivity index (χ2v) is 7.27. The highest BCUT2D eigenvalue weighted by molar-refractivity contribution is 5.89. The number of hydrazine groups is 1. The number of hydrogen-bond acceptors (Lipinski definition) is 5. The van der Waals surface area contributed by atoms with E-state index >= 15 is 0 Å². The van der Waals surface area contributed by atoms with Gasteiger partial charge in [-0.3, -0.25) is 15.0 Å². The molecule has 1 aromatic rings. The average molecular weight is 421 g/mol. The fourth-order valence-electron chi connectivity index (χ4n) is 2.59.